The van der Waals surface area contributed by atoms with Crippen LogP contribution in [0.25, 0.3) is 6.08 Å². The molecule has 2 aromatic rings. The summed E-state index contributed by atoms with van der Waals surface area (Å²) in [6, 6.07) is 12.4. The minimum Gasteiger partial charge on any atom is -0.425 e. The van der Waals surface area contributed by atoms with E-state index in [1.807, 2.05) is 41.3 Å². The molecule has 1 N–H and O–H groups in total. The van der Waals surface area contributed by atoms with Crippen LogP contribution in [0.1, 0.15) is 22.8 Å². The van der Waals surface area contributed by atoms with Gasteiger partial charge in [0.2, 0.25) is 11.8 Å². The molecule has 5 rings (SSSR count). The second kappa shape index (κ2) is 6.66. The van der Waals surface area contributed by atoms with Gasteiger partial charge in [0.25, 0.3) is 0 Å². The fourth-order valence-corrected chi connectivity index (χ4v) is 4.64. The van der Waals surface area contributed by atoms with Gasteiger partial charge in [0.15, 0.2) is 5.78 Å². The molecule has 7 heteroatoms. The Morgan fingerprint density at radius 1 is 0.967 bits per heavy atom. The van der Waals surface area contributed by atoms with Gasteiger partial charge in [-0.2, -0.15) is 0 Å². The summed E-state index contributed by atoms with van der Waals surface area (Å²) >= 11 is 0. The van der Waals surface area contributed by atoms with E-state index < -0.39 is 35.8 Å². The Bertz CT molecular complexity index is 1120. The number of Topliss-reactive ketones (excluding diaryl/α,β-unsaturated/α-hetero) is 1. The average Bonchev–Trinajstić information content (AvgIpc) is 3.24. The number of rotatable bonds is 3. The van der Waals surface area contributed by atoms with Gasteiger partial charge >= 0.3 is 5.97 Å². The number of fused-ring (bicyclic) bond motifs is 5. The lowest BCUT2D eigenvalue weighted by Gasteiger charge is -2.35. The number of para-hydroxylation sites is 1. The molecule has 0 unspecified atom stereocenters. The molecule has 2 aromatic carbocycles. The van der Waals surface area contributed by atoms with Gasteiger partial charge < -0.3 is 9.64 Å². The number of imide groups is 1. The van der Waals surface area contributed by atoms with Gasteiger partial charge in [-0.05, 0) is 42.8 Å². The SMILES string of the molecule is CC(=O)c1ccc(OC(=O)[C@@H]2[C@@H]3C(=O)NC(=O)[C@H]3[C@H]3C=Cc4ccccc4N32)cc1. The highest BCUT2D eigenvalue weighted by Crippen LogP contribution is 2.46. The quantitative estimate of drug-likeness (QED) is 0.365. The number of nitrogens with zero attached hydrogens (tertiary/aromatic N) is 1. The van der Waals surface area contributed by atoms with Crippen molar-refractivity contribution >= 4 is 35.3 Å². The maximum Gasteiger partial charge on any atom is 0.335 e. The van der Waals surface area contributed by atoms with Crippen LogP contribution in [-0.2, 0) is 14.4 Å². The predicted octanol–water partition coefficient (Wildman–Crippen LogP) is 1.97. The summed E-state index contributed by atoms with van der Waals surface area (Å²) in [4.78, 5) is 51.6. The number of hydrogen-bond donors (Lipinski definition) is 1. The largest absolute Gasteiger partial charge is 0.425 e. The van der Waals surface area contributed by atoms with Gasteiger partial charge in [-0.3, -0.25) is 19.7 Å². The van der Waals surface area contributed by atoms with Crippen LogP contribution in [0.15, 0.2) is 54.6 Å². The van der Waals surface area contributed by atoms with Crippen LogP contribution in [0.3, 0.4) is 0 Å². The number of carbonyl (C=O) groups excluding carboxylic acids is 4. The Morgan fingerprint density at radius 2 is 1.67 bits per heavy atom. The molecule has 2 saturated heterocycles. The van der Waals surface area contributed by atoms with Crippen LogP contribution in [0.2, 0.25) is 0 Å². The molecule has 3 aliphatic heterocycles. The van der Waals surface area contributed by atoms with Crippen LogP contribution < -0.4 is 15.0 Å². The van der Waals surface area contributed by atoms with Gasteiger partial charge in [0, 0.05) is 11.3 Å². The summed E-state index contributed by atoms with van der Waals surface area (Å²) in [7, 11) is 0. The highest BCUT2D eigenvalue weighted by Gasteiger charge is 2.62. The molecule has 3 aliphatic rings. The van der Waals surface area contributed by atoms with E-state index in [0.717, 1.165) is 11.3 Å². The molecule has 0 radical (unpaired) electrons. The van der Waals surface area contributed by atoms with E-state index in [1.54, 1.807) is 24.3 Å². The zero-order chi connectivity index (χ0) is 21.0. The van der Waals surface area contributed by atoms with E-state index in [2.05, 4.69) is 5.32 Å². The van der Waals surface area contributed by atoms with E-state index in [-0.39, 0.29) is 17.4 Å². The van der Waals surface area contributed by atoms with Crippen LogP contribution in [0, 0.1) is 11.8 Å². The standard InChI is InChI=1S/C23H18N2O5/c1-12(26)13-6-9-15(10-7-13)30-23(29)20-19-18(21(27)24-22(19)28)17-11-8-14-4-2-3-5-16(14)25(17)20/h2-11,17-20H,1H3,(H,24,27,28)/t17-,18+,19-,20+/m1/s1. The molecule has 3 heterocycles. The number of ether oxygens (including phenoxy) is 1. The molecule has 0 spiro atoms. The molecule has 30 heavy (non-hydrogen) atoms. The second-order valence-corrected chi connectivity index (χ2v) is 7.67. The van der Waals surface area contributed by atoms with Gasteiger partial charge in [-0.25, -0.2) is 4.79 Å². The second-order valence-electron chi connectivity index (χ2n) is 7.67. The molecule has 0 aliphatic carbocycles. The lowest BCUT2D eigenvalue weighted by Crippen LogP contribution is -2.49. The number of nitrogens with one attached hydrogen (secondary N) is 1. The minimum absolute atomic E-state index is 0.0906. The summed E-state index contributed by atoms with van der Waals surface area (Å²) in [5, 5.41) is 2.36. The fourth-order valence-electron chi connectivity index (χ4n) is 4.64. The van der Waals surface area contributed by atoms with Gasteiger partial charge in [0.05, 0.1) is 17.9 Å². The molecule has 0 aromatic heterocycles. The van der Waals surface area contributed by atoms with Crippen molar-refractivity contribution in [3.8, 4) is 5.75 Å². The number of anilines is 1. The van der Waals surface area contributed by atoms with Crippen molar-refractivity contribution in [1.82, 2.24) is 5.32 Å². The summed E-state index contributed by atoms with van der Waals surface area (Å²) in [5.74, 6) is -2.74. The first-order chi connectivity index (χ1) is 14.5. The first-order valence-corrected chi connectivity index (χ1v) is 9.68. The molecule has 2 fully saturated rings. The van der Waals surface area contributed by atoms with Crippen molar-refractivity contribution in [3.63, 3.8) is 0 Å². The number of hydrogen-bond acceptors (Lipinski definition) is 6. The third-order valence-corrected chi connectivity index (χ3v) is 5.98. The fraction of sp³-hybridized carbons (Fsp3) is 0.217. The van der Waals surface area contributed by atoms with Gasteiger partial charge in [-0.15, -0.1) is 0 Å². The maximum atomic E-state index is 13.2. The third kappa shape index (κ3) is 2.66. The van der Waals surface area contributed by atoms with Crippen LogP contribution in [-0.4, -0.2) is 35.7 Å². The highest BCUT2D eigenvalue weighted by atomic mass is 16.5. The van der Waals surface area contributed by atoms with Crippen molar-refractivity contribution in [2.24, 2.45) is 11.8 Å². The molecule has 7 nitrogen and oxygen atoms in total. The Hall–Kier alpha value is -3.74. The monoisotopic (exact) mass is 402 g/mol. The number of amides is 2. The Kier molecular flexibility index (Phi) is 4.06. The predicted molar refractivity (Wildman–Crippen MR) is 108 cm³/mol. The first-order valence-electron chi connectivity index (χ1n) is 9.68. The lowest BCUT2D eigenvalue weighted by molar-refractivity contribution is -0.139. The summed E-state index contributed by atoms with van der Waals surface area (Å²) in [6.07, 6.45) is 3.78. The molecule has 0 saturated carbocycles. The van der Waals surface area contributed by atoms with E-state index >= 15 is 0 Å². The van der Waals surface area contributed by atoms with E-state index in [9.17, 15) is 19.2 Å². The normalized spacial score (nSPS) is 26.0. The van der Waals surface area contributed by atoms with Gasteiger partial charge in [0.1, 0.15) is 11.8 Å². The van der Waals surface area contributed by atoms with E-state index in [1.165, 1.54) is 6.92 Å². The smallest absolute Gasteiger partial charge is 0.335 e. The van der Waals surface area contributed by atoms with Crippen LogP contribution >= 0.6 is 0 Å². The van der Waals surface area contributed by atoms with Crippen LogP contribution in [0.5, 0.6) is 5.75 Å². The lowest BCUT2D eigenvalue weighted by atomic mass is 9.89. The van der Waals surface area contributed by atoms with Crippen molar-refractivity contribution in [1.29, 1.82) is 0 Å². The Labute approximate surface area is 172 Å². The summed E-state index contributed by atoms with van der Waals surface area (Å²) in [5.41, 5.74) is 2.20. The number of carbonyl (C=O) groups is 4. The van der Waals surface area contributed by atoms with Crippen molar-refractivity contribution < 1.29 is 23.9 Å². The molecule has 2 amide bonds. The Morgan fingerprint density at radius 3 is 2.40 bits per heavy atom. The third-order valence-electron chi connectivity index (χ3n) is 5.98. The van der Waals surface area contributed by atoms with Crippen molar-refractivity contribution in [2.45, 2.75) is 19.0 Å². The average molecular weight is 402 g/mol. The number of esters is 1. The topological polar surface area (TPSA) is 92.8 Å². The summed E-state index contributed by atoms with van der Waals surface area (Å²) in [6.45, 7) is 1.46. The van der Waals surface area contributed by atoms with Crippen molar-refractivity contribution in [3.05, 3.63) is 65.7 Å². The summed E-state index contributed by atoms with van der Waals surface area (Å²) < 4.78 is 5.58. The zero-order valence-corrected chi connectivity index (χ0v) is 16.1. The first kappa shape index (κ1) is 18.3. The molecular formula is C23H18N2O5. The van der Waals surface area contributed by atoms with E-state index in [0.29, 0.717) is 5.56 Å². The zero-order valence-electron chi connectivity index (χ0n) is 16.1. The van der Waals surface area contributed by atoms with Gasteiger partial charge in [-0.1, -0.05) is 30.4 Å². The Balaban J connectivity index is 1.52. The van der Waals surface area contributed by atoms with Crippen LogP contribution in [0.4, 0.5) is 5.69 Å². The molecular weight excluding hydrogens is 384 g/mol. The maximum absolute atomic E-state index is 13.2. The molecule has 4 atom stereocenters. The molecule has 0 bridgehead atoms. The minimum atomic E-state index is -0.940. The molecule has 150 valence electrons. The highest BCUT2D eigenvalue weighted by molar-refractivity contribution is 6.10. The van der Waals surface area contributed by atoms with Crippen molar-refractivity contribution in [2.75, 3.05) is 4.90 Å². The number of benzene rings is 2. The van der Waals surface area contributed by atoms with E-state index in [4.69, 9.17) is 4.74 Å². The number of ketones is 1.